The number of hydrogen-bond acceptors (Lipinski definition) is 5. The molecule has 0 spiro atoms. The second-order valence-electron chi connectivity index (χ2n) is 3.77. The molecule has 0 unspecified atom stereocenters. The first kappa shape index (κ1) is 10.4. The Bertz CT molecular complexity index is 768. The van der Waals surface area contributed by atoms with Crippen LogP contribution in [0, 0.1) is 18.3 Å². The molecule has 3 aromatic rings. The Hall–Kier alpha value is -2.81. The average Bonchev–Trinajstić information content (AvgIpc) is 2.85. The van der Waals surface area contributed by atoms with Gasteiger partial charge in [-0.1, -0.05) is 0 Å². The molecule has 6 heteroatoms. The van der Waals surface area contributed by atoms with Crippen LogP contribution in [0.5, 0.6) is 0 Å². The van der Waals surface area contributed by atoms with Crippen molar-refractivity contribution in [1.82, 2.24) is 24.9 Å². The van der Waals surface area contributed by atoms with Crippen molar-refractivity contribution in [3.63, 3.8) is 0 Å². The molecule has 0 atom stereocenters. The van der Waals surface area contributed by atoms with Gasteiger partial charge in [-0.2, -0.15) is 5.26 Å². The van der Waals surface area contributed by atoms with E-state index in [0.717, 1.165) is 16.7 Å². The molecular formula is C12H8N6. The molecular weight excluding hydrogens is 228 g/mol. The molecule has 18 heavy (non-hydrogen) atoms. The third-order valence-electron chi connectivity index (χ3n) is 2.62. The molecule has 0 aliphatic heterocycles. The van der Waals surface area contributed by atoms with Gasteiger partial charge in [0.2, 0.25) is 5.82 Å². The highest BCUT2D eigenvalue weighted by Crippen LogP contribution is 2.20. The maximum absolute atomic E-state index is 8.73. The molecule has 3 aromatic heterocycles. The number of nitrogens with zero attached hydrogens (tertiary/aromatic N) is 5. The fourth-order valence-corrected chi connectivity index (χ4v) is 1.73. The summed E-state index contributed by atoms with van der Waals surface area (Å²) in [5.41, 5.74) is 3.72. The molecule has 0 aromatic carbocycles. The molecule has 3 heterocycles. The van der Waals surface area contributed by atoms with Crippen molar-refractivity contribution >= 4 is 11.2 Å². The number of rotatable bonds is 1. The van der Waals surface area contributed by atoms with Gasteiger partial charge in [-0.3, -0.25) is 0 Å². The summed E-state index contributed by atoms with van der Waals surface area (Å²) in [6.07, 6.45) is 5.05. The van der Waals surface area contributed by atoms with Crippen molar-refractivity contribution in [3.05, 3.63) is 36.2 Å². The third kappa shape index (κ3) is 1.58. The molecule has 0 saturated heterocycles. The predicted octanol–water partition coefficient (Wildman–Crippen LogP) is 1.59. The van der Waals surface area contributed by atoms with Gasteiger partial charge in [-0.15, -0.1) is 0 Å². The van der Waals surface area contributed by atoms with Crippen LogP contribution in [0.15, 0.2) is 24.7 Å². The van der Waals surface area contributed by atoms with Crippen molar-refractivity contribution in [2.45, 2.75) is 6.92 Å². The first-order valence-corrected chi connectivity index (χ1v) is 5.32. The van der Waals surface area contributed by atoms with Crippen LogP contribution in [0.25, 0.3) is 22.4 Å². The Morgan fingerprint density at radius 2 is 2.11 bits per heavy atom. The monoisotopic (exact) mass is 236 g/mol. The normalized spacial score (nSPS) is 10.4. The molecule has 0 fully saturated rings. The molecule has 6 nitrogen and oxygen atoms in total. The van der Waals surface area contributed by atoms with E-state index < -0.39 is 0 Å². The lowest BCUT2D eigenvalue weighted by Gasteiger charge is -2.03. The van der Waals surface area contributed by atoms with Gasteiger partial charge in [-0.25, -0.2) is 19.9 Å². The van der Waals surface area contributed by atoms with E-state index in [1.165, 1.54) is 0 Å². The number of nitrogens with one attached hydrogen (secondary N) is 1. The van der Waals surface area contributed by atoms with E-state index in [2.05, 4.69) is 24.9 Å². The van der Waals surface area contributed by atoms with Crippen LogP contribution in [-0.4, -0.2) is 24.9 Å². The van der Waals surface area contributed by atoms with Gasteiger partial charge in [0.25, 0.3) is 0 Å². The Morgan fingerprint density at radius 1 is 1.22 bits per heavy atom. The fraction of sp³-hybridized carbons (Fsp3) is 0.0833. The minimum atomic E-state index is 0.159. The summed E-state index contributed by atoms with van der Waals surface area (Å²) < 4.78 is 0. The summed E-state index contributed by atoms with van der Waals surface area (Å²) in [5, 5.41) is 8.73. The van der Waals surface area contributed by atoms with E-state index in [1.54, 1.807) is 18.6 Å². The van der Waals surface area contributed by atoms with E-state index in [1.807, 2.05) is 19.1 Å². The molecule has 3 rings (SSSR count). The molecule has 0 radical (unpaired) electrons. The lowest BCUT2D eigenvalue weighted by molar-refractivity contribution is 1.06. The van der Waals surface area contributed by atoms with Crippen molar-refractivity contribution in [2.75, 3.05) is 0 Å². The van der Waals surface area contributed by atoms with E-state index >= 15 is 0 Å². The van der Waals surface area contributed by atoms with Crippen LogP contribution in [-0.2, 0) is 0 Å². The number of aryl methyl sites for hydroxylation is 1. The minimum absolute atomic E-state index is 0.159. The van der Waals surface area contributed by atoms with Crippen LogP contribution < -0.4 is 0 Å². The largest absolute Gasteiger partial charge is 0.345 e. The standard InChI is InChI=1S/C12H8N6/c1-7-8(5-15-11(4-13)17-7)10-6-16-12-9(18-10)2-3-14-12/h2-3,5-6H,1H3,(H,14,16). The first-order chi connectivity index (χ1) is 8.78. The molecule has 0 saturated carbocycles. The zero-order valence-electron chi connectivity index (χ0n) is 9.55. The van der Waals surface area contributed by atoms with Gasteiger partial charge in [-0.05, 0) is 13.0 Å². The number of nitriles is 1. The second kappa shape index (κ2) is 3.89. The molecule has 1 N–H and O–H groups in total. The Labute approximate surface area is 102 Å². The van der Waals surface area contributed by atoms with E-state index in [-0.39, 0.29) is 5.82 Å². The quantitative estimate of drug-likeness (QED) is 0.692. The van der Waals surface area contributed by atoms with Gasteiger partial charge in [0.05, 0.1) is 17.6 Å². The third-order valence-corrected chi connectivity index (χ3v) is 2.62. The van der Waals surface area contributed by atoms with Gasteiger partial charge < -0.3 is 4.98 Å². The van der Waals surface area contributed by atoms with Crippen molar-refractivity contribution < 1.29 is 0 Å². The fourth-order valence-electron chi connectivity index (χ4n) is 1.73. The Morgan fingerprint density at radius 3 is 2.89 bits per heavy atom. The topological polar surface area (TPSA) is 91.1 Å². The van der Waals surface area contributed by atoms with Gasteiger partial charge in [0.15, 0.2) is 5.65 Å². The highest BCUT2D eigenvalue weighted by atomic mass is 14.9. The summed E-state index contributed by atoms with van der Waals surface area (Å²) in [6, 6.07) is 3.76. The number of aromatic amines is 1. The second-order valence-corrected chi connectivity index (χ2v) is 3.77. The maximum atomic E-state index is 8.73. The Balaban J connectivity index is 2.16. The Kier molecular flexibility index (Phi) is 2.24. The van der Waals surface area contributed by atoms with Crippen molar-refractivity contribution in [2.24, 2.45) is 0 Å². The molecule has 0 aliphatic carbocycles. The maximum Gasteiger partial charge on any atom is 0.232 e. The lowest BCUT2D eigenvalue weighted by atomic mass is 10.2. The van der Waals surface area contributed by atoms with Crippen LogP contribution in [0.3, 0.4) is 0 Å². The zero-order chi connectivity index (χ0) is 12.5. The smallest absolute Gasteiger partial charge is 0.232 e. The SMILES string of the molecule is Cc1nc(C#N)ncc1-c1cnc2[nH]ccc2n1. The van der Waals surface area contributed by atoms with Crippen LogP contribution in [0.2, 0.25) is 0 Å². The summed E-state index contributed by atoms with van der Waals surface area (Å²) in [7, 11) is 0. The van der Waals surface area contributed by atoms with E-state index in [9.17, 15) is 0 Å². The van der Waals surface area contributed by atoms with Gasteiger partial charge in [0.1, 0.15) is 11.6 Å². The average molecular weight is 236 g/mol. The lowest BCUT2D eigenvalue weighted by Crippen LogP contribution is -1.96. The zero-order valence-corrected chi connectivity index (χ0v) is 9.55. The van der Waals surface area contributed by atoms with E-state index in [0.29, 0.717) is 11.4 Å². The van der Waals surface area contributed by atoms with Crippen molar-refractivity contribution in [1.29, 1.82) is 5.26 Å². The van der Waals surface area contributed by atoms with Crippen LogP contribution in [0.4, 0.5) is 0 Å². The highest BCUT2D eigenvalue weighted by molar-refractivity contribution is 5.74. The summed E-state index contributed by atoms with van der Waals surface area (Å²) in [6.45, 7) is 1.82. The van der Waals surface area contributed by atoms with E-state index in [4.69, 9.17) is 5.26 Å². The highest BCUT2D eigenvalue weighted by Gasteiger charge is 2.08. The molecule has 0 aliphatic rings. The van der Waals surface area contributed by atoms with Gasteiger partial charge in [0, 0.05) is 18.0 Å². The predicted molar refractivity (Wildman–Crippen MR) is 64.4 cm³/mol. The number of aromatic nitrogens is 5. The van der Waals surface area contributed by atoms with Crippen LogP contribution in [0.1, 0.15) is 11.5 Å². The van der Waals surface area contributed by atoms with Crippen LogP contribution >= 0.6 is 0 Å². The summed E-state index contributed by atoms with van der Waals surface area (Å²) in [4.78, 5) is 19.8. The summed E-state index contributed by atoms with van der Waals surface area (Å²) >= 11 is 0. The number of hydrogen-bond donors (Lipinski definition) is 1. The van der Waals surface area contributed by atoms with Gasteiger partial charge >= 0.3 is 0 Å². The molecule has 86 valence electrons. The number of fused-ring (bicyclic) bond motifs is 1. The molecule has 0 bridgehead atoms. The number of H-pyrrole nitrogens is 1. The summed E-state index contributed by atoms with van der Waals surface area (Å²) in [5.74, 6) is 0.159. The minimum Gasteiger partial charge on any atom is -0.345 e. The first-order valence-electron chi connectivity index (χ1n) is 5.32. The van der Waals surface area contributed by atoms with Crippen molar-refractivity contribution in [3.8, 4) is 17.3 Å². The molecule has 0 amide bonds.